The van der Waals surface area contributed by atoms with Crippen molar-refractivity contribution in [1.29, 1.82) is 0 Å². The molecule has 0 aromatic carbocycles. The van der Waals surface area contributed by atoms with E-state index in [0.717, 1.165) is 19.3 Å². The quantitative estimate of drug-likeness (QED) is 0.764. The highest BCUT2D eigenvalue weighted by Crippen LogP contribution is 2.30. The zero-order valence-corrected chi connectivity index (χ0v) is 11.9. The first-order valence-electron chi connectivity index (χ1n) is 7.36. The van der Waals surface area contributed by atoms with Gasteiger partial charge >= 0.3 is 0 Å². The second-order valence-corrected chi connectivity index (χ2v) is 6.02. The van der Waals surface area contributed by atoms with Crippen molar-refractivity contribution in [2.45, 2.75) is 51.6 Å². The first-order valence-corrected chi connectivity index (χ1v) is 7.36. The smallest absolute Gasteiger partial charge is 0.242 e. The highest BCUT2D eigenvalue weighted by molar-refractivity contribution is 5.89. The maximum Gasteiger partial charge on any atom is 0.242 e. The van der Waals surface area contributed by atoms with Gasteiger partial charge in [0.05, 0.1) is 0 Å². The molecule has 1 aliphatic carbocycles. The summed E-state index contributed by atoms with van der Waals surface area (Å²) >= 11 is 0. The van der Waals surface area contributed by atoms with Gasteiger partial charge in [-0.1, -0.05) is 13.8 Å². The summed E-state index contributed by atoms with van der Waals surface area (Å²) in [6, 6.07) is -0.175. The van der Waals surface area contributed by atoms with Gasteiger partial charge in [-0.2, -0.15) is 0 Å². The van der Waals surface area contributed by atoms with Gasteiger partial charge in [0.15, 0.2) is 0 Å². The summed E-state index contributed by atoms with van der Waals surface area (Å²) in [5.74, 6) is 0.606. The second-order valence-electron chi connectivity index (χ2n) is 6.02. The lowest BCUT2D eigenvalue weighted by Crippen LogP contribution is -2.58. The van der Waals surface area contributed by atoms with Gasteiger partial charge in [-0.3, -0.25) is 9.59 Å². The number of hydrogen-bond acceptors (Lipinski definition) is 3. The average Bonchev–Trinajstić information content (AvgIpc) is 2.36. The lowest BCUT2D eigenvalue weighted by Gasteiger charge is -2.39. The third kappa shape index (κ3) is 3.08. The van der Waals surface area contributed by atoms with E-state index in [0.29, 0.717) is 25.4 Å². The van der Waals surface area contributed by atoms with E-state index in [1.165, 1.54) is 0 Å². The van der Waals surface area contributed by atoms with Gasteiger partial charge in [0.25, 0.3) is 0 Å². The van der Waals surface area contributed by atoms with Gasteiger partial charge in [-0.15, -0.1) is 0 Å². The van der Waals surface area contributed by atoms with Crippen LogP contribution in [0.4, 0.5) is 0 Å². The van der Waals surface area contributed by atoms with Crippen molar-refractivity contribution in [2.24, 2.45) is 17.6 Å². The summed E-state index contributed by atoms with van der Waals surface area (Å²) in [6.07, 6.45) is 3.34. The Balaban J connectivity index is 2.07. The first-order chi connectivity index (χ1) is 9.02. The molecule has 5 heteroatoms. The number of amides is 2. The van der Waals surface area contributed by atoms with Crippen molar-refractivity contribution < 1.29 is 9.59 Å². The number of nitrogens with two attached hydrogens (primary N) is 1. The van der Waals surface area contributed by atoms with Crippen LogP contribution in [0, 0.1) is 11.8 Å². The Morgan fingerprint density at radius 1 is 1.42 bits per heavy atom. The molecule has 5 nitrogen and oxygen atoms in total. The maximum absolute atomic E-state index is 12.6. The Labute approximate surface area is 114 Å². The number of carbonyl (C=O) groups is 2. The van der Waals surface area contributed by atoms with Gasteiger partial charge in [0.1, 0.15) is 6.04 Å². The van der Waals surface area contributed by atoms with E-state index in [4.69, 9.17) is 5.73 Å². The molecule has 2 aliphatic rings. The fourth-order valence-electron chi connectivity index (χ4n) is 3.48. The summed E-state index contributed by atoms with van der Waals surface area (Å²) < 4.78 is 0. The highest BCUT2D eigenvalue weighted by atomic mass is 16.2. The molecule has 1 heterocycles. The molecule has 1 aliphatic heterocycles. The number of hydrogen-bond donors (Lipinski definition) is 2. The van der Waals surface area contributed by atoms with E-state index in [9.17, 15) is 9.59 Å². The maximum atomic E-state index is 12.6. The van der Waals surface area contributed by atoms with Crippen LogP contribution in [0.3, 0.4) is 0 Å². The van der Waals surface area contributed by atoms with Crippen molar-refractivity contribution in [3.05, 3.63) is 0 Å². The normalized spacial score (nSPS) is 35.9. The summed E-state index contributed by atoms with van der Waals surface area (Å²) in [5, 5.41) is 2.83. The SMILES string of the molecule is CCC1C(=O)NCCN1C(=O)C1CC(C)CC(N)C1. The van der Waals surface area contributed by atoms with Crippen molar-refractivity contribution >= 4 is 11.8 Å². The number of piperazine rings is 1. The molecule has 0 bridgehead atoms. The van der Waals surface area contributed by atoms with Gasteiger partial charge in [0.2, 0.25) is 11.8 Å². The van der Waals surface area contributed by atoms with Crippen molar-refractivity contribution in [2.75, 3.05) is 13.1 Å². The van der Waals surface area contributed by atoms with Crippen LogP contribution in [0.25, 0.3) is 0 Å². The minimum atomic E-state index is -0.297. The summed E-state index contributed by atoms with van der Waals surface area (Å²) in [4.78, 5) is 26.2. The highest BCUT2D eigenvalue weighted by Gasteiger charge is 2.37. The van der Waals surface area contributed by atoms with Crippen LogP contribution in [-0.4, -0.2) is 41.9 Å². The fourth-order valence-corrected chi connectivity index (χ4v) is 3.48. The Kier molecular flexibility index (Phi) is 4.45. The molecule has 2 amide bonds. The van der Waals surface area contributed by atoms with Crippen LogP contribution in [0.15, 0.2) is 0 Å². The van der Waals surface area contributed by atoms with Crippen LogP contribution < -0.4 is 11.1 Å². The van der Waals surface area contributed by atoms with E-state index in [1.807, 2.05) is 6.92 Å². The molecule has 4 atom stereocenters. The molecule has 2 fully saturated rings. The molecule has 2 rings (SSSR count). The number of carbonyl (C=O) groups excluding carboxylic acids is 2. The molecule has 19 heavy (non-hydrogen) atoms. The molecule has 4 unspecified atom stereocenters. The van der Waals surface area contributed by atoms with Gasteiger partial charge in [0, 0.05) is 25.0 Å². The Morgan fingerprint density at radius 3 is 2.79 bits per heavy atom. The van der Waals surface area contributed by atoms with Crippen LogP contribution in [0.1, 0.15) is 39.5 Å². The minimum absolute atomic E-state index is 0.00120. The van der Waals surface area contributed by atoms with Crippen LogP contribution in [0.5, 0.6) is 0 Å². The molecule has 0 radical (unpaired) electrons. The number of nitrogens with zero attached hydrogens (tertiary/aromatic N) is 1. The van der Waals surface area contributed by atoms with E-state index in [2.05, 4.69) is 12.2 Å². The molecule has 0 aromatic heterocycles. The standard InChI is InChI=1S/C14H25N3O2/c1-3-12-13(18)16-4-5-17(12)14(19)10-6-9(2)7-11(15)8-10/h9-12H,3-8,15H2,1-2H3,(H,16,18). The van der Waals surface area contributed by atoms with Crippen LogP contribution >= 0.6 is 0 Å². The first kappa shape index (κ1) is 14.3. The van der Waals surface area contributed by atoms with Crippen molar-refractivity contribution in [3.8, 4) is 0 Å². The van der Waals surface area contributed by atoms with Crippen molar-refractivity contribution in [1.82, 2.24) is 10.2 Å². The molecule has 3 N–H and O–H groups in total. The third-order valence-electron chi connectivity index (χ3n) is 4.33. The fraction of sp³-hybridized carbons (Fsp3) is 0.857. The molecule has 0 aromatic rings. The predicted octanol–water partition coefficient (Wildman–Crippen LogP) is 0.487. The second kappa shape index (κ2) is 5.90. The molecule has 1 saturated carbocycles. The lowest BCUT2D eigenvalue weighted by molar-refractivity contribution is -0.147. The number of rotatable bonds is 2. The topological polar surface area (TPSA) is 75.4 Å². The Hall–Kier alpha value is -1.10. The average molecular weight is 267 g/mol. The van der Waals surface area contributed by atoms with Gasteiger partial charge < -0.3 is 16.0 Å². The predicted molar refractivity (Wildman–Crippen MR) is 73.3 cm³/mol. The van der Waals surface area contributed by atoms with Gasteiger partial charge in [-0.25, -0.2) is 0 Å². The summed E-state index contributed by atoms with van der Waals surface area (Å²) in [5.41, 5.74) is 6.03. The molecule has 1 saturated heterocycles. The van der Waals surface area contributed by atoms with Crippen LogP contribution in [-0.2, 0) is 9.59 Å². The van der Waals surface area contributed by atoms with E-state index < -0.39 is 0 Å². The monoisotopic (exact) mass is 267 g/mol. The molecule has 108 valence electrons. The Bertz CT molecular complexity index is 349. The van der Waals surface area contributed by atoms with E-state index in [1.54, 1.807) is 4.90 Å². The zero-order valence-electron chi connectivity index (χ0n) is 11.9. The molecular weight excluding hydrogens is 242 g/mol. The zero-order chi connectivity index (χ0) is 14.0. The van der Waals surface area contributed by atoms with Crippen molar-refractivity contribution in [3.63, 3.8) is 0 Å². The van der Waals surface area contributed by atoms with E-state index in [-0.39, 0.29) is 29.8 Å². The number of nitrogens with one attached hydrogen (secondary N) is 1. The molecular formula is C14H25N3O2. The Morgan fingerprint density at radius 2 is 2.16 bits per heavy atom. The third-order valence-corrected chi connectivity index (χ3v) is 4.33. The van der Waals surface area contributed by atoms with E-state index >= 15 is 0 Å². The summed E-state index contributed by atoms with van der Waals surface area (Å²) in [7, 11) is 0. The molecule has 0 spiro atoms. The lowest BCUT2D eigenvalue weighted by atomic mass is 9.79. The summed E-state index contributed by atoms with van der Waals surface area (Å²) in [6.45, 7) is 5.29. The largest absolute Gasteiger partial charge is 0.353 e. The minimum Gasteiger partial charge on any atom is -0.353 e. The van der Waals surface area contributed by atoms with Gasteiger partial charge in [-0.05, 0) is 31.6 Å². The van der Waals surface area contributed by atoms with Crippen LogP contribution in [0.2, 0.25) is 0 Å².